The van der Waals surface area contributed by atoms with Gasteiger partial charge in [0.05, 0.1) is 5.69 Å². The highest BCUT2D eigenvalue weighted by Gasteiger charge is 2.38. The molecule has 2 aromatic rings. The Bertz CT molecular complexity index is 919. The highest BCUT2D eigenvalue weighted by molar-refractivity contribution is 5.65. The number of rotatable bonds is 3. The van der Waals surface area contributed by atoms with Crippen LogP contribution in [0, 0.1) is 17.5 Å². The Labute approximate surface area is 158 Å². The molecule has 0 unspecified atom stereocenters. The Kier molecular flexibility index (Phi) is 4.66. The number of carbonyl (C=O) groups is 1. The summed E-state index contributed by atoms with van der Waals surface area (Å²) >= 11 is 0. The highest BCUT2D eigenvalue weighted by Crippen LogP contribution is 2.39. The van der Waals surface area contributed by atoms with Crippen LogP contribution in [0.1, 0.15) is 42.0 Å². The van der Waals surface area contributed by atoms with Gasteiger partial charge in [0.2, 0.25) is 0 Å². The molecule has 28 heavy (non-hydrogen) atoms. The molecule has 3 atom stereocenters. The van der Waals surface area contributed by atoms with E-state index in [1.165, 1.54) is 0 Å². The lowest BCUT2D eigenvalue weighted by atomic mass is 9.77. The number of nitrogen functional groups attached to an aromatic ring is 1. The molecule has 10 heteroatoms. The first-order chi connectivity index (χ1) is 13.3. The Balaban J connectivity index is 1.55. The topological polar surface area (TPSA) is 107 Å². The predicted octanol–water partition coefficient (Wildman–Crippen LogP) is 2.70. The van der Waals surface area contributed by atoms with Crippen molar-refractivity contribution in [1.82, 2.24) is 20.4 Å². The Morgan fingerprint density at radius 1 is 1.21 bits per heavy atom. The fraction of sp³-hybridized carbons (Fsp3) is 0.444. The summed E-state index contributed by atoms with van der Waals surface area (Å²) < 4.78 is 41.2. The maximum Gasteiger partial charge on any atom is 0.404 e. The molecule has 1 saturated carbocycles. The zero-order valence-electron chi connectivity index (χ0n) is 14.9. The summed E-state index contributed by atoms with van der Waals surface area (Å²) in [7, 11) is 0. The summed E-state index contributed by atoms with van der Waals surface area (Å²) in [5, 5.41) is 18.5. The molecule has 1 aliphatic carbocycles. The largest absolute Gasteiger partial charge is 0.465 e. The lowest BCUT2D eigenvalue weighted by Crippen LogP contribution is -2.48. The number of aromatic amines is 1. The summed E-state index contributed by atoms with van der Waals surface area (Å²) in [5.74, 6) is -3.39. The van der Waals surface area contributed by atoms with Gasteiger partial charge >= 0.3 is 6.09 Å². The van der Waals surface area contributed by atoms with Gasteiger partial charge < -0.3 is 16.2 Å². The van der Waals surface area contributed by atoms with E-state index >= 15 is 0 Å². The zero-order valence-corrected chi connectivity index (χ0v) is 14.9. The molecule has 1 aromatic heterocycles. The van der Waals surface area contributed by atoms with Gasteiger partial charge in [-0.05, 0) is 30.9 Å². The maximum atomic E-state index is 14.3. The Morgan fingerprint density at radius 3 is 2.68 bits per heavy atom. The lowest BCUT2D eigenvalue weighted by molar-refractivity contribution is 0.122. The first kappa shape index (κ1) is 18.6. The minimum Gasteiger partial charge on any atom is -0.465 e. The summed E-state index contributed by atoms with van der Waals surface area (Å²) in [5.41, 5.74) is 7.73. The van der Waals surface area contributed by atoms with Crippen molar-refractivity contribution in [3.8, 4) is 0 Å². The van der Waals surface area contributed by atoms with Crippen molar-refractivity contribution < 1.29 is 23.1 Å². The lowest BCUT2D eigenvalue weighted by Gasteiger charge is -2.40. The van der Waals surface area contributed by atoms with Crippen molar-refractivity contribution in [3.63, 3.8) is 0 Å². The molecule has 1 amide bonds. The minimum atomic E-state index is -1.26. The van der Waals surface area contributed by atoms with Crippen LogP contribution in [0.25, 0.3) is 0 Å². The summed E-state index contributed by atoms with van der Waals surface area (Å²) in [6.45, 7) is 1.22. The number of H-pyrrole nitrogens is 1. The average molecular weight is 395 g/mol. The van der Waals surface area contributed by atoms with E-state index in [-0.39, 0.29) is 11.6 Å². The number of nitrogens with zero attached hydrogens (tertiary/aromatic N) is 2. The Hall–Kier alpha value is -2.75. The molecule has 1 aromatic carbocycles. The van der Waals surface area contributed by atoms with Gasteiger partial charge in [0.25, 0.3) is 0 Å². The first-order valence-electron chi connectivity index (χ1n) is 9.03. The number of nitrogens with one attached hydrogen (secondary N) is 2. The van der Waals surface area contributed by atoms with Crippen molar-refractivity contribution in [2.24, 2.45) is 0 Å². The summed E-state index contributed by atoms with van der Waals surface area (Å²) in [6.07, 6.45) is 0.292. The second kappa shape index (κ2) is 7.01. The second-order valence-corrected chi connectivity index (χ2v) is 7.39. The van der Waals surface area contributed by atoms with Gasteiger partial charge in [-0.15, -0.1) is 0 Å². The molecule has 0 saturated heterocycles. The number of nitrogens with two attached hydrogens (primary N) is 1. The number of carboxylic acid groups (broad SMARTS) is 1. The standard InChI is InChI=1S/C18H20F3N5O2/c19-12-5-14(21)13(20)4-10(12)9-2-1-8(3-15(9)23-18(27)28)26-6-11-16(7-26)24-25-17(11)22/h4-5,8-9,15,23H,1-3,6-7H2,(H,27,28)(H3,22,24,25)/t8-,9+,15-/m0/s1. The molecule has 2 aliphatic rings. The number of anilines is 1. The fourth-order valence-electron chi connectivity index (χ4n) is 4.44. The number of amides is 1. The van der Waals surface area contributed by atoms with Crippen LogP contribution in [0.2, 0.25) is 0 Å². The van der Waals surface area contributed by atoms with Gasteiger partial charge in [0, 0.05) is 42.7 Å². The van der Waals surface area contributed by atoms with Crippen LogP contribution >= 0.6 is 0 Å². The summed E-state index contributed by atoms with van der Waals surface area (Å²) in [4.78, 5) is 13.5. The second-order valence-electron chi connectivity index (χ2n) is 7.39. The molecule has 7 nitrogen and oxygen atoms in total. The van der Waals surface area contributed by atoms with E-state index in [2.05, 4.69) is 20.4 Å². The third kappa shape index (κ3) is 3.28. The molecule has 1 fully saturated rings. The Morgan fingerprint density at radius 2 is 1.96 bits per heavy atom. The van der Waals surface area contributed by atoms with Crippen molar-refractivity contribution in [2.75, 3.05) is 5.73 Å². The van der Waals surface area contributed by atoms with Crippen molar-refractivity contribution >= 4 is 11.9 Å². The predicted molar refractivity (Wildman–Crippen MR) is 93.9 cm³/mol. The van der Waals surface area contributed by atoms with E-state index < -0.39 is 35.5 Å². The van der Waals surface area contributed by atoms with E-state index in [0.29, 0.717) is 44.2 Å². The number of fused-ring (bicyclic) bond motifs is 1. The van der Waals surface area contributed by atoms with Gasteiger partial charge in [0.15, 0.2) is 11.6 Å². The molecule has 4 rings (SSSR count). The van der Waals surface area contributed by atoms with Crippen LogP contribution in [0.4, 0.5) is 23.8 Å². The molecule has 0 spiro atoms. The van der Waals surface area contributed by atoms with Crippen LogP contribution in [0.15, 0.2) is 12.1 Å². The molecular weight excluding hydrogens is 375 g/mol. The van der Waals surface area contributed by atoms with Gasteiger partial charge in [-0.2, -0.15) is 5.10 Å². The van der Waals surface area contributed by atoms with Gasteiger partial charge in [-0.1, -0.05) is 0 Å². The molecule has 5 N–H and O–H groups in total. The molecular formula is C18H20F3N5O2. The van der Waals surface area contributed by atoms with Crippen LogP contribution in [-0.4, -0.2) is 38.4 Å². The van der Waals surface area contributed by atoms with E-state index in [0.717, 1.165) is 17.3 Å². The molecule has 0 bridgehead atoms. The smallest absolute Gasteiger partial charge is 0.404 e. The monoisotopic (exact) mass is 395 g/mol. The van der Waals surface area contributed by atoms with E-state index in [4.69, 9.17) is 5.73 Å². The van der Waals surface area contributed by atoms with Crippen LogP contribution in [-0.2, 0) is 13.1 Å². The fourth-order valence-corrected chi connectivity index (χ4v) is 4.44. The number of halogens is 3. The normalized spacial score (nSPS) is 24.9. The van der Waals surface area contributed by atoms with E-state index in [1.807, 2.05) is 0 Å². The van der Waals surface area contributed by atoms with Gasteiger partial charge in [-0.25, -0.2) is 18.0 Å². The van der Waals surface area contributed by atoms with Crippen LogP contribution in [0.3, 0.4) is 0 Å². The molecule has 1 aliphatic heterocycles. The molecule has 2 heterocycles. The van der Waals surface area contributed by atoms with Crippen LogP contribution in [0.5, 0.6) is 0 Å². The van der Waals surface area contributed by atoms with E-state index in [1.54, 1.807) is 0 Å². The summed E-state index contributed by atoms with van der Waals surface area (Å²) in [6, 6.07) is 0.767. The molecule has 0 radical (unpaired) electrons. The SMILES string of the molecule is Nc1n[nH]c2c1CN([C@H]1CC[C@H](c3cc(F)c(F)cc3F)[C@@H](NC(=O)O)C1)C2. The number of hydrogen-bond donors (Lipinski definition) is 4. The minimum absolute atomic E-state index is 0.00353. The number of aromatic nitrogens is 2. The van der Waals surface area contributed by atoms with Gasteiger partial charge in [0.1, 0.15) is 11.6 Å². The highest BCUT2D eigenvalue weighted by atomic mass is 19.2. The molecule has 150 valence electrons. The number of hydrogen-bond acceptors (Lipinski definition) is 4. The average Bonchev–Trinajstić information content (AvgIpc) is 3.20. The quantitative estimate of drug-likeness (QED) is 0.598. The number of benzene rings is 1. The van der Waals surface area contributed by atoms with Crippen LogP contribution < -0.4 is 11.1 Å². The van der Waals surface area contributed by atoms with Gasteiger partial charge in [-0.3, -0.25) is 10.00 Å². The van der Waals surface area contributed by atoms with E-state index in [9.17, 15) is 23.1 Å². The third-order valence-electron chi connectivity index (χ3n) is 5.79. The maximum absolute atomic E-state index is 14.3. The third-order valence-corrected chi connectivity index (χ3v) is 5.79. The van der Waals surface area contributed by atoms with Crippen molar-refractivity contribution in [2.45, 2.75) is 50.4 Å². The van der Waals surface area contributed by atoms with Crippen molar-refractivity contribution in [3.05, 3.63) is 46.4 Å². The zero-order chi connectivity index (χ0) is 20.0. The first-order valence-corrected chi connectivity index (χ1v) is 9.03. The van der Waals surface area contributed by atoms with Crippen molar-refractivity contribution in [1.29, 1.82) is 0 Å².